The molecule has 0 aliphatic heterocycles. The van der Waals surface area contributed by atoms with Crippen molar-refractivity contribution >= 4 is 23.2 Å². The van der Waals surface area contributed by atoms with Crippen molar-refractivity contribution in [3.8, 4) is 17.7 Å². The van der Waals surface area contributed by atoms with Crippen LogP contribution in [0.1, 0.15) is 27.2 Å². The summed E-state index contributed by atoms with van der Waals surface area (Å²) in [7, 11) is 0. The van der Waals surface area contributed by atoms with Crippen LogP contribution in [-0.2, 0) is 12.4 Å². The van der Waals surface area contributed by atoms with Gasteiger partial charge in [-0.2, -0.15) is 46.9 Å². The molecule has 0 aromatic carbocycles. The van der Waals surface area contributed by atoms with Crippen LogP contribution in [0.25, 0.3) is 11.6 Å². The summed E-state index contributed by atoms with van der Waals surface area (Å²) in [6.45, 7) is 0. The number of alkyl halides is 6. The van der Waals surface area contributed by atoms with Crippen LogP contribution in [0, 0.1) is 11.3 Å². The van der Waals surface area contributed by atoms with Crippen LogP contribution in [-0.4, -0.2) is 40.6 Å². The quantitative estimate of drug-likeness (QED) is 0.313. The van der Waals surface area contributed by atoms with Gasteiger partial charge in [0.1, 0.15) is 22.3 Å². The molecule has 0 bridgehead atoms. The van der Waals surface area contributed by atoms with Crippen molar-refractivity contribution in [2.75, 3.05) is 5.32 Å². The summed E-state index contributed by atoms with van der Waals surface area (Å²) in [6, 6.07) is 4.08. The minimum absolute atomic E-state index is 0.0176. The Labute approximate surface area is 200 Å². The van der Waals surface area contributed by atoms with Gasteiger partial charge in [-0.3, -0.25) is 4.79 Å². The van der Waals surface area contributed by atoms with Crippen molar-refractivity contribution in [2.45, 2.75) is 12.4 Å². The zero-order valence-electron chi connectivity index (χ0n) is 17.2. The molecule has 36 heavy (non-hydrogen) atoms. The van der Waals surface area contributed by atoms with E-state index in [1.165, 1.54) is 12.4 Å². The van der Waals surface area contributed by atoms with Crippen LogP contribution in [0.4, 0.5) is 32.0 Å². The van der Waals surface area contributed by atoms with Gasteiger partial charge in [-0.05, 0) is 18.2 Å². The fraction of sp³-hybridized carbons (Fsp3) is 0.105. The summed E-state index contributed by atoms with van der Waals surface area (Å²) in [5.41, 5.74) is -4.82. The molecule has 0 radical (unpaired) electrons. The molecule has 4 aromatic rings. The minimum Gasteiger partial charge on any atom is -0.320 e. The van der Waals surface area contributed by atoms with E-state index in [0.717, 1.165) is 23.1 Å². The van der Waals surface area contributed by atoms with Crippen molar-refractivity contribution in [3.05, 3.63) is 70.5 Å². The number of carbonyl (C=O) groups is 1. The maximum atomic E-state index is 13.9. The first-order valence-electron chi connectivity index (χ1n) is 9.37. The number of hydrogen-bond donors (Lipinski definition) is 1. The van der Waals surface area contributed by atoms with Gasteiger partial charge >= 0.3 is 12.4 Å². The maximum Gasteiger partial charge on any atom is 0.434 e. The van der Waals surface area contributed by atoms with Crippen molar-refractivity contribution < 1.29 is 31.1 Å². The number of pyridine rings is 2. The highest BCUT2D eigenvalue weighted by Crippen LogP contribution is 2.38. The Morgan fingerprint density at radius 2 is 1.69 bits per heavy atom. The van der Waals surface area contributed by atoms with Gasteiger partial charge in [-0.1, -0.05) is 11.6 Å². The second-order valence-corrected chi connectivity index (χ2v) is 7.19. The third-order valence-corrected chi connectivity index (χ3v) is 4.69. The van der Waals surface area contributed by atoms with Gasteiger partial charge in [-0.15, -0.1) is 4.80 Å². The molecule has 10 nitrogen and oxygen atoms in total. The summed E-state index contributed by atoms with van der Waals surface area (Å²) in [6.07, 6.45) is -6.35. The molecule has 184 valence electrons. The van der Waals surface area contributed by atoms with Gasteiger partial charge in [0, 0.05) is 0 Å². The molecule has 1 amide bonds. The van der Waals surface area contributed by atoms with E-state index < -0.39 is 46.1 Å². The lowest BCUT2D eigenvalue weighted by Crippen LogP contribution is -2.23. The fourth-order valence-electron chi connectivity index (χ4n) is 3.05. The Kier molecular flexibility index (Phi) is 6.10. The predicted molar refractivity (Wildman–Crippen MR) is 108 cm³/mol. The van der Waals surface area contributed by atoms with E-state index >= 15 is 0 Å². The molecule has 0 spiro atoms. The van der Waals surface area contributed by atoms with Gasteiger partial charge in [0.25, 0.3) is 5.91 Å². The summed E-state index contributed by atoms with van der Waals surface area (Å²) in [5.74, 6) is -2.68. The zero-order valence-corrected chi connectivity index (χ0v) is 17.9. The van der Waals surface area contributed by atoms with Gasteiger partial charge in [-0.25, -0.2) is 14.6 Å². The number of nitrogens with one attached hydrogen (secondary N) is 1. The first kappa shape index (κ1) is 24.6. The van der Waals surface area contributed by atoms with Crippen LogP contribution >= 0.6 is 11.6 Å². The third-order valence-electron chi connectivity index (χ3n) is 4.48. The number of carbonyl (C=O) groups excluding carboxylic acids is 1. The summed E-state index contributed by atoms with van der Waals surface area (Å²) >= 11 is 5.61. The second-order valence-electron chi connectivity index (χ2n) is 6.80. The minimum atomic E-state index is -5.33. The Morgan fingerprint density at radius 3 is 2.31 bits per heavy atom. The van der Waals surface area contributed by atoms with Gasteiger partial charge in [0.15, 0.2) is 17.3 Å². The largest absolute Gasteiger partial charge is 0.434 e. The SMILES string of the molecule is N#Cc1cc(NC(=O)c2cnn(-c3nc(Cl)ccc3C(F)(F)F)c2C(F)(F)F)cnc1-n1nccn1. The molecule has 0 saturated heterocycles. The van der Waals surface area contributed by atoms with E-state index in [2.05, 4.69) is 30.6 Å². The zero-order chi connectivity index (χ0) is 26.3. The highest BCUT2D eigenvalue weighted by atomic mass is 35.5. The molecular weight excluding hydrogens is 520 g/mol. The molecule has 0 aliphatic rings. The van der Waals surface area contributed by atoms with Crippen LogP contribution in [0.15, 0.2) is 43.0 Å². The number of anilines is 1. The van der Waals surface area contributed by atoms with Gasteiger partial charge < -0.3 is 5.32 Å². The molecule has 0 saturated carbocycles. The topological polar surface area (TPSA) is 127 Å². The molecule has 0 unspecified atom stereocenters. The van der Waals surface area contributed by atoms with Gasteiger partial charge in [0.2, 0.25) is 0 Å². The third kappa shape index (κ3) is 4.68. The number of hydrogen-bond acceptors (Lipinski definition) is 7. The lowest BCUT2D eigenvalue weighted by atomic mass is 10.2. The van der Waals surface area contributed by atoms with E-state index in [1.54, 1.807) is 6.07 Å². The first-order valence-corrected chi connectivity index (χ1v) is 9.75. The Morgan fingerprint density at radius 1 is 1.00 bits per heavy atom. The van der Waals surface area contributed by atoms with Crippen LogP contribution in [0.3, 0.4) is 0 Å². The molecule has 0 fully saturated rings. The van der Waals surface area contributed by atoms with E-state index in [1.807, 2.05) is 0 Å². The molecule has 0 aliphatic carbocycles. The highest BCUT2D eigenvalue weighted by Gasteiger charge is 2.43. The van der Waals surface area contributed by atoms with Crippen LogP contribution in [0.2, 0.25) is 5.15 Å². The molecule has 4 heterocycles. The number of amides is 1. The number of aromatic nitrogens is 7. The van der Waals surface area contributed by atoms with Crippen molar-refractivity contribution in [2.24, 2.45) is 0 Å². The lowest BCUT2D eigenvalue weighted by Gasteiger charge is -2.16. The number of nitriles is 1. The highest BCUT2D eigenvalue weighted by molar-refractivity contribution is 6.29. The molecule has 4 aromatic heterocycles. The summed E-state index contributed by atoms with van der Waals surface area (Å²) in [4.78, 5) is 21.0. The maximum absolute atomic E-state index is 13.9. The fourth-order valence-corrected chi connectivity index (χ4v) is 3.19. The monoisotopic (exact) mass is 527 g/mol. The molecule has 0 atom stereocenters. The van der Waals surface area contributed by atoms with Crippen molar-refractivity contribution in [3.63, 3.8) is 0 Å². The molecule has 1 N–H and O–H groups in total. The van der Waals surface area contributed by atoms with Gasteiger partial charge in [0.05, 0.1) is 36.0 Å². The standard InChI is InChI=1S/C19H8ClF6N9O/c20-13-2-1-12(18(21,22)23)16(33-13)34-14(19(24,25)26)11(8-31-34)17(36)32-10-5-9(6-27)15(28-7-10)35-29-3-4-30-35/h1-5,7-8H,(H,32,36). The van der Waals surface area contributed by atoms with Crippen molar-refractivity contribution in [1.29, 1.82) is 5.26 Å². The lowest BCUT2D eigenvalue weighted by molar-refractivity contribution is -0.145. The Balaban J connectivity index is 1.76. The first-order chi connectivity index (χ1) is 16.9. The summed E-state index contributed by atoms with van der Waals surface area (Å²) < 4.78 is 81.9. The van der Waals surface area contributed by atoms with E-state index in [-0.39, 0.29) is 21.8 Å². The summed E-state index contributed by atoms with van der Waals surface area (Å²) in [5, 5.41) is 21.9. The average Bonchev–Trinajstić information content (AvgIpc) is 3.48. The molecule has 17 heteroatoms. The van der Waals surface area contributed by atoms with Crippen LogP contribution < -0.4 is 5.32 Å². The Hall–Kier alpha value is -4.52. The van der Waals surface area contributed by atoms with Crippen molar-refractivity contribution in [1.82, 2.24) is 34.7 Å². The van der Waals surface area contributed by atoms with E-state index in [9.17, 15) is 36.4 Å². The molecular formula is C19H8ClF6N9O. The average molecular weight is 528 g/mol. The normalized spacial score (nSPS) is 11.8. The van der Waals surface area contributed by atoms with Crippen LogP contribution in [0.5, 0.6) is 0 Å². The second kappa shape index (κ2) is 8.92. The number of rotatable bonds is 4. The van der Waals surface area contributed by atoms with E-state index in [0.29, 0.717) is 12.3 Å². The smallest absolute Gasteiger partial charge is 0.320 e. The number of nitrogens with zero attached hydrogens (tertiary/aromatic N) is 8. The number of halogens is 7. The Bertz CT molecular complexity index is 1490. The predicted octanol–water partition coefficient (Wildman–Crippen LogP) is 4.06. The molecule has 4 rings (SSSR count). The van der Waals surface area contributed by atoms with E-state index in [4.69, 9.17) is 11.6 Å².